The summed E-state index contributed by atoms with van der Waals surface area (Å²) in [5, 5.41) is 0. The monoisotopic (exact) mass is 466 g/mol. The number of amides is 2. The van der Waals surface area contributed by atoms with Gasteiger partial charge in [0.2, 0.25) is 5.91 Å². The Labute approximate surface area is 201 Å². The molecular formula is C27H34N2O5. The molecule has 0 radical (unpaired) electrons. The lowest BCUT2D eigenvalue weighted by atomic mass is 9.96. The number of hydrogen-bond acceptors (Lipinski definition) is 5. The first-order valence-corrected chi connectivity index (χ1v) is 12.0. The van der Waals surface area contributed by atoms with Crippen LogP contribution in [0, 0.1) is 0 Å². The van der Waals surface area contributed by atoms with E-state index in [1.54, 1.807) is 32.3 Å². The van der Waals surface area contributed by atoms with Crippen molar-refractivity contribution in [3.63, 3.8) is 0 Å². The van der Waals surface area contributed by atoms with E-state index in [0.29, 0.717) is 18.0 Å². The van der Waals surface area contributed by atoms with Gasteiger partial charge in [-0.1, -0.05) is 43.9 Å². The second kappa shape index (κ2) is 10.8. The summed E-state index contributed by atoms with van der Waals surface area (Å²) >= 11 is 0. The molecule has 1 saturated heterocycles. The molecule has 4 rings (SSSR count). The molecule has 2 aliphatic rings. The molecule has 0 N–H and O–H groups in total. The molecule has 0 bridgehead atoms. The number of carbonyl (C=O) groups excluding carboxylic acids is 2. The van der Waals surface area contributed by atoms with Crippen molar-refractivity contribution in [3.05, 3.63) is 53.6 Å². The van der Waals surface area contributed by atoms with Crippen LogP contribution in [0.5, 0.6) is 17.2 Å². The minimum Gasteiger partial charge on any atom is -0.497 e. The molecule has 2 aromatic carbocycles. The van der Waals surface area contributed by atoms with Crippen molar-refractivity contribution in [2.24, 2.45) is 0 Å². The smallest absolute Gasteiger partial charge is 0.250 e. The number of methoxy groups -OCH3 is 3. The van der Waals surface area contributed by atoms with Crippen LogP contribution in [0.4, 0.5) is 0 Å². The van der Waals surface area contributed by atoms with E-state index in [4.69, 9.17) is 14.2 Å². The van der Waals surface area contributed by atoms with Gasteiger partial charge in [-0.25, -0.2) is 0 Å². The SMILES string of the molecule is COc1ccc(CN2C(=O)CN(C3CCCCCC3)C(=O)[C@H]2c2ccc(OC)c(OC)c2)cc1. The first-order chi connectivity index (χ1) is 16.5. The molecule has 0 spiro atoms. The zero-order valence-corrected chi connectivity index (χ0v) is 20.3. The van der Waals surface area contributed by atoms with E-state index in [2.05, 4.69) is 0 Å². The van der Waals surface area contributed by atoms with Crippen molar-refractivity contribution < 1.29 is 23.8 Å². The normalized spacial score (nSPS) is 19.7. The summed E-state index contributed by atoms with van der Waals surface area (Å²) in [4.78, 5) is 31.0. The van der Waals surface area contributed by atoms with Crippen LogP contribution in [0.2, 0.25) is 0 Å². The Morgan fingerprint density at radius 3 is 2.12 bits per heavy atom. The third-order valence-electron chi connectivity index (χ3n) is 6.96. The van der Waals surface area contributed by atoms with Gasteiger partial charge in [-0.05, 0) is 48.2 Å². The molecule has 0 aromatic heterocycles. The number of rotatable bonds is 7. The number of hydrogen-bond donors (Lipinski definition) is 0. The van der Waals surface area contributed by atoms with Crippen LogP contribution in [0.15, 0.2) is 42.5 Å². The highest BCUT2D eigenvalue weighted by molar-refractivity contribution is 5.96. The number of ether oxygens (including phenoxy) is 3. The van der Waals surface area contributed by atoms with Gasteiger partial charge in [0.05, 0.1) is 21.3 Å². The fourth-order valence-corrected chi connectivity index (χ4v) is 5.08. The van der Waals surface area contributed by atoms with Crippen LogP contribution in [-0.2, 0) is 16.1 Å². The highest BCUT2D eigenvalue weighted by atomic mass is 16.5. The largest absolute Gasteiger partial charge is 0.497 e. The zero-order chi connectivity index (χ0) is 24.1. The summed E-state index contributed by atoms with van der Waals surface area (Å²) in [5.74, 6) is 1.81. The predicted octanol–water partition coefficient (Wildman–Crippen LogP) is 4.35. The Kier molecular flexibility index (Phi) is 7.60. The van der Waals surface area contributed by atoms with Gasteiger partial charge in [0.15, 0.2) is 11.5 Å². The summed E-state index contributed by atoms with van der Waals surface area (Å²) in [7, 11) is 4.77. The summed E-state index contributed by atoms with van der Waals surface area (Å²) in [5.41, 5.74) is 1.66. The molecule has 7 nitrogen and oxygen atoms in total. The molecule has 0 unspecified atom stereocenters. The van der Waals surface area contributed by atoms with Crippen molar-refractivity contribution in [1.82, 2.24) is 9.80 Å². The van der Waals surface area contributed by atoms with Gasteiger partial charge in [0, 0.05) is 12.6 Å². The topological polar surface area (TPSA) is 68.3 Å². The highest BCUT2D eigenvalue weighted by Crippen LogP contribution is 2.37. The maximum absolute atomic E-state index is 14.0. The molecule has 1 aliphatic heterocycles. The predicted molar refractivity (Wildman–Crippen MR) is 129 cm³/mol. The molecule has 1 atom stereocenters. The molecular weight excluding hydrogens is 432 g/mol. The molecule has 2 amide bonds. The second-order valence-corrected chi connectivity index (χ2v) is 9.00. The van der Waals surface area contributed by atoms with Gasteiger partial charge in [0.25, 0.3) is 5.91 Å². The third-order valence-corrected chi connectivity index (χ3v) is 6.96. The van der Waals surface area contributed by atoms with Crippen LogP contribution in [0.25, 0.3) is 0 Å². The van der Waals surface area contributed by atoms with Crippen molar-refractivity contribution in [3.8, 4) is 17.2 Å². The Morgan fingerprint density at radius 1 is 0.824 bits per heavy atom. The molecule has 182 valence electrons. The van der Waals surface area contributed by atoms with Gasteiger partial charge in [-0.3, -0.25) is 9.59 Å². The number of piperazine rings is 1. The van der Waals surface area contributed by atoms with Crippen LogP contribution < -0.4 is 14.2 Å². The highest BCUT2D eigenvalue weighted by Gasteiger charge is 2.43. The van der Waals surface area contributed by atoms with Crippen LogP contribution in [0.3, 0.4) is 0 Å². The van der Waals surface area contributed by atoms with Gasteiger partial charge in [-0.15, -0.1) is 0 Å². The number of nitrogens with zero attached hydrogens (tertiary/aromatic N) is 2. The van der Waals surface area contributed by atoms with Crippen molar-refractivity contribution >= 4 is 11.8 Å². The molecule has 34 heavy (non-hydrogen) atoms. The maximum atomic E-state index is 14.0. The average molecular weight is 467 g/mol. The van der Waals surface area contributed by atoms with Gasteiger partial charge in [0.1, 0.15) is 18.3 Å². The van der Waals surface area contributed by atoms with Crippen LogP contribution in [0.1, 0.15) is 55.7 Å². The number of carbonyl (C=O) groups is 2. The Balaban J connectivity index is 1.70. The summed E-state index contributed by atoms with van der Waals surface area (Å²) in [6, 6.07) is 12.5. The summed E-state index contributed by atoms with van der Waals surface area (Å²) < 4.78 is 16.1. The van der Waals surface area contributed by atoms with E-state index < -0.39 is 6.04 Å². The fourth-order valence-electron chi connectivity index (χ4n) is 5.08. The fraction of sp³-hybridized carbons (Fsp3) is 0.481. The lowest BCUT2D eigenvalue weighted by Crippen LogP contribution is -2.57. The molecule has 2 aromatic rings. The number of benzene rings is 2. The average Bonchev–Trinajstić information content (AvgIpc) is 3.16. The van der Waals surface area contributed by atoms with E-state index in [1.807, 2.05) is 41.3 Å². The Hall–Kier alpha value is -3.22. The van der Waals surface area contributed by atoms with E-state index >= 15 is 0 Å². The molecule has 1 heterocycles. The van der Waals surface area contributed by atoms with Gasteiger partial charge < -0.3 is 24.0 Å². The minimum absolute atomic E-state index is 0.0211. The quantitative estimate of drug-likeness (QED) is 0.568. The standard InChI is InChI=1S/C27H34N2O5/c1-32-22-13-10-19(11-14-22)17-29-25(30)18-28(21-8-6-4-5-7-9-21)27(31)26(29)20-12-15-23(33-2)24(16-20)34-3/h10-16,21,26H,4-9,17-18H2,1-3H3/t26-/m1/s1. The lowest BCUT2D eigenvalue weighted by Gasteiger charge is -2.43. The van der Waals surface area contributed by atoms with Gasteiger partial charge in [-0.2, -0.15) is 0 Å². The van der Waals surface area contributed by atoms with Crippen molar-refractivity contribution in [2.45, 2.75) is 57.2 Å². The lowest BCUT2D eigenvalue weighted by molar-refractivity contribution is -0.159. The Morgan fingerprint density at radius 2 is 1.50 bits per heavy atom. The first-order valence-electron chi connectivity index (χ1n) is 12.0. The Bertz CT molecular complexity index is 999. The molecule has 7 heteroatoms. The van der Waals surface area contributed by atoms with Crippen LogP contribution >= 0.6 is 0 Å². The first kappa shape index (κ1) is 23.9. The molecule has 2 fully saturated rings. The maximum Gasteiger partial charge on any atom is 0.250 e. The molecule has 1 saturated carbocycles. The minimum atomic E-state index is -0.716. The third kappa shape index (κ3) is 4.98. The van der Waals surface area contributed by atoms with Crippen molar-refractivity contribution in [1.29, 1.82) is 0 Å². The second-order valence-electron chi connectivity index (χ2n) is 9.00. The summed E-state index contributed by atoms with van der Waals surface area (Å²) in [6.07, 6.45) is 6.48. The molecule has 1 aliphatic carbocycles. The van der Waals surface area contributed by atoms with E-state index in [1.165, 1.54) is 12.8 Å². The van der Waals surface area contributed by atoms with Gasteiger partial charge >= 0.3 is 0 Å². The van der Waals surface area contributed by atoms with E-state index in [9.17, 15) is 9.59 Å². The van der Waals surface area contributed by atoms with Crippen LogP contribution in [-0.4, -0.2) is 55.5 Å². The van der Waals surface area contributed by atoms with E-state index in [-0.39, 0.29) is 24.4 Å². The summed E-state index contributed by atoms with van der Waals surface area (Å²) in [6.45, 7) is 0.468. The van der Waals surface area contributed by atoms with Crippen molar-refractivity contribution in [2.75, 3.05) is 27.9 Å². The zero-order valence-electron chi connectivity index (χ0n) is 20.3. The van der Waals surface area contributed by atoms with E-state index in [0.717, 1.165) is 42.6 Å².